The summed E-state index contributed by atoms with van der Waals surface area (Å²) < 4.78 is 5.11. The first-order valence-electron chi connectivity index (χ1n) is 11.7. The van der Waals surface area contributed by atoms with Crippen LogP contribution in [-0.4, -0.2) is 55.1 Å². The van der Waals surface area contributed by atoms with E-state index in [1.54, 1.807) is 37.5 Å². The van der Waals surface area contributed by atoms with Crippen molar-refractivity contribution >= 4 is 46.6 Å². The zero-order valence-electron chi connectivity index (χ0n) is 20.0. The molecule has 0 atom stereocenters. The molecule has 8 heteroatoms. The highest BCUT2D eigenvalue weighted by molar-refractivity contribution is 7.80. The number of hydrogen-bond donors (Lipinski definition) is 2. The Morgan fingerprint density at radius 3 is 2.19 bits per heavy atom. The van der Waals surface area contributed by atoms with Gasteiger partial charge in [0.25, 0.3) is 5.91 Å². The lowest BCUT2D eigenvalue weighted by atomic mass is 10.2. The maximum Gasteiger partial charge on any atom is 0.257 e. The average Bonchev–Trinajstić information content (AvgIpc) is 2.93. The second kappa shape index (κ2) is 12.0. The van der Waals surface area contributed by atoms with Crippen LogP contribution in [0.2, 0.25) is 0 Å². The van der Waals surface area contributed by atoms with E-state index < -0.39 is 0 Å². The van der Waals surface area contributed by atoms with Crippen LogP contribution in [0.3, 0.4) is 0 Å². The van der Waals surface area contributed by atoms with E-state index in [1.165, 1.54) is 0 Å². The van der Waals surface area contributed by atoms with Crippen LogP contribution in [0.1, 0.15) is 15.9 Å². The van der Waals surface area contributed by atoms with E-state index in [9.17, 15) is 9.59 Å². The van der Waals surface area contributed by atoms with Crippen molar-refractivity contribution in [3.63, 3.8) is 0 Å². The van der Waals surface area contributed by atoms with Crippen LogP contribution < -0.4 is 20.3 Å². The van der Waals surface area contributed by atoms with Crippen LogP contribution in [0.4, 0.5) is 11.4 Å². The van der Waals surface area contributed by atoms with E-state index in [-0.39, 0.29) is 16.9 Å². The van der Waals surface area contributed by atoms with Crippen LogP contribution in [0.25, 0.3) is 6.08 Å². The van der Waals surface area contributed by atoms with E-state index in [0.717, 1.165) is 30.0 Å². The van der Waals surface area contributed by atoms with Crippen molar-refractivity contribution in [3.8, 4) is 5.75 Å². The number of methoxy groups -OCH3 is 1. The largest absolute Gasteiger partial charge is 0.497 e. The normalized spacial score (nSPS) is 13.4. The first-order chi connectivity index (χ1) is 17.5. The molecule has 4 rings (SSSR count). The number of piperazine rings is 1. The molecular weight excluding hydrogens is 472 g/mol. The molecule has 0 bridgehead atoms. The predicted octanol–water partition coefficient (Wildman–Crippen LogP) is 4.18. The third-order valence-corrected chi connectivity index (χ3v) is 6.08. The fourth-order valence-electron chi connectivity index (χ4n) is 3.86. The molecule has 0 saturated carbocycles. The third kappa shape index (κ3) is 6.70. The topological polar surface area (TPSA) is 73.9 Å². The Morgan fingerprint density at radius 2 is 1.56 bits per heavy atom. The van der Waals surface area contributed by atoms with E-state index in [1.807, 2.05) is 65.6 Å². The molecular formula is C28H28N4O3S. The summed E-state index contributed by atoms with van der Waals surface area (Å²) in [5.74, 6) is 0.418. The fourth-order valence-corrected chi connectivity index (χ4v) is 4.07. The monoisotopic (exact) mass is 500 g/mol. The van der Waals surface area contributed by atoms with Crippen LogP contribution in [0.5, 0.6) is 5.75 Å². The molecule has 3 aromatic carbocycles. The van der Waals surface area contributed by atoms with Crippen molar-refractivity contribution in [1.82, 2.24) is 10.2 Å². The number of carbonyl (C=O) groups is 2. The summed E-state index contributed by atoms with van der Waals surface area (Å²) in [6.07, 6.45) is 3.49. The molecule has 0 aromatic heterocycles. The maximum atomic E-state index is 12.5. The Hall–Kier alpha value is -4.17. The molecule has 0 spiro atoms. The summed E-state index contributed by atoms with van der Waals surface area (Å²) >= 11 is 5.29. The Morgan fingerprint density at radius 1 is 0.889 bits per heavy atom. The molecule has 7 nitrogen and oxygen atoms in total. The molecule has 1 fully saturated rings. The van der Waals surface area contributed by atoms with Crippen molar-refractivity contribution in [2.24, 2.45) is 0 Å². The number of hydrogen-bond acceptors (Lipinski definition) is 5. The summed E-state index contributed by atoms with van der Waals surface area (Å²) in [4.78, 5) is 29.0. The minimum atomic E-state index is -0.294. The standard InChI is InChI=1S/C28H28N4O3S/c1-35-25-14-8-22(9-15-25)27(34)30-28(36)29-23-10-12-24(13-11-23)31-17-19-32(20-18-31)26(33)16-7-21-5-3-2-4-6-21/h2-16H,17-20H2,1H3,(H2,29,30,34,36)/b16-7+. The molecule has 184 valence electrons. The van der Waals surface area contributed by atoms with E-state index in [0.29, 0.717) is 24.4 Å². The first-order valence-corrected chi connectivity index (χ1v) is 12.1. The number of rotatable bonds is 6. The van der Waals surface area contributed by atoms with Gasteiger partial charge < -0.3 is 19.9 Å². The van der Waals surface area contributed by atoms with Gasteiger partial charge in [-0.3, -0.25) is 14.9 Å². The Kier molecular flexibility index (Phi) is 8.31. The highest BCUT2D eigenvalue weighted by Crippen LogP contribution is 2.20. The number of anilines is 2. The Balaban J connectivity index is 1.24. The number of nitrogens with one attached hydrogen (secondary N) is 2. The molecule has 2 N–H and O–H groups in total. The third-order valence-electron chi connectivity index (χ3n) is 5.88. The molecule has 1 saturated heterocycles. The molecule has 0 aliphatic carbocycles. The van der Waals surface area contributed by atoms with Crippen molar-refractivity contribution in [2.45, 2.75) is 0 Å². The number of amides is 2. The minimum Gasteiger partial charge on any atom is -0.497 e. The zero-order valence-corrected chi connectivity index (χ0v) is 20.8. The van der Waals surface area contributed by atoms with Gasteiger partial charge in [-0.2, -0.15) is 0 Å². The van der Waals surface area contributed by atoms with Gasteiger partial charge in [0.05, 0.1) is 7.11 Å². The summed E-state index contributed by atoms with van der Waals surface area (Å²) in [5.41, 5.74) is 3.35. The number of carbonyl (C=O) groups excluding carboxylic acids is 2. The van der Waals surface area contributed by atoms with Gasteiger partial charge in [0, 0.05) is 49.2 Å². The molecule has 0 unspecified atom stereocenters. The summed E-state index contributed by atoms with van der Waals surface area (Å²) in [5, 5.41) is 5.95. The van der Waals surface area contributed by atoms with E-state index in [2.05, 4.69) is 15.5 Å². The van der Waals surface area contributed by atoms with Crippen LogP contribution in [0.15, 0.2) is 84.9 Å². The lowest BCUT2D eigenvalue weighted by molar-refractivity contribution is -0.126. The second-order valence-corrected chi connectivity index (χ2v) is 8.65. The number of nitrogens with zero attached hydrogens (tertiary/aromatic N) is 2. The lowest BCUT2D eigenvalue weighted by Gasteiger charge is -2.35. The van der Waals surface area contributed by atoms with Gasteiger partial charge >= 0.3 is 0 Å². The Bertz CT molecular complexity index is 1220. The van der Waals surface area contributed by atoms with Gasteiger partial charge in [-0.1, -0.05) is 30.3 Å². The summed E-state index contributed by atoms with van der Waals surface area (Å²) in [6.45, 7) is 2.85. The van der Waals surface area contributed by atoms with E-state index >= 15 is 0 Å². The highest BCUT2D eigenvalue weighted by Gasteiger charge is 2.20. The quantitative estimate of drug-likeness (QED) is 0.391. The first kappa shape index (κ1) is 24.9. The molecule has 0 radical (unpaired) electrons. The lowest BCUT2D eigenvalue weighted by Crippen LogP contribution is -2.48. The predicted molar refractivity (Wildman–Crippen MR) is 147 cm³/mol. The molecule has 2 amide bonds. The van der Waals surface area contributed by atoms with Gasteiger partial charge in [-0.05, 0) is 72.4 Å². The maximum absolute atomic E-state index is 12.5. The van der Waals surface area contributed by atoms with Crippen molar-refractivity contribution in [3.05, 3.63) is 96.1 Å². The molecule has 36 heavy (non-hydrogen) atoms. The molecule has 3 aromatic rings. The highest BCUT2D eigenvalue weighted by atomic mass is 32.1. The van der Waals surface area contributed by atoms with Crippen LogP contribution >= 0.6 is 12.2 Å². The summed E-state index contributed by atoms with van der Waals surface area (Å²) in [6, 6.07) is 24.5. The zero-order chi connectivity index (χ0) is 25.3. The second-order valence-electron chi connectivity index (χ2n) is 8.24. The Labute approximate surface area is 216 Å². The number of ether oxygens (including phenoxy) is 1. The van der Waals surface area contributed by atoms with Gasteiger partial charge in [0.1, 0.15) is 5.75 Å². The summed E-state index contributed by atoms with van der Waals surface area (Å²) in [7, 11) is 1.58. The van der Waals surface area contributed by atoms with Gasteiger partial charge in [0.2, 0.25) is 5.91 Å². The van der Waals surface area contributed by atoms with Crippen LogP contribution in [0, 0.1) is 0 Å². The molecule has 1 aliphatic heterocycles. The number of benzene rings is 3. The van der Waals surface area contributed by atoms with Crippen molar-refractivity contribution in [2.75, 3.05) is 43.5 Å². The van der Waals surface area contributed by atoms with Gasteiger partial charge in [-0.25, -0.2) is 0 Å². The molecule has 1 aliphatic rings. The van der Waals surface area contributed by atoms with Crippen molar-refractivity contribution < 1.29 is 14.3 Å². The number of thiocarbonyl (C=S) groups is 1. The molecule has 1 heterocycles. The average molecular weight is 501 g/mol. The fraction of sp³-hybridized carbons (Fsp3) is 0.179. The van der Waals surface area contributed by atoms with Gasteiger partial charge in [-0.15, -0.1) is 0 Å². The van der Waals surface area contributed by atoms with Crippen LogP contribution in [-0.2, 0) is 4.79 Å². The van der Waals surface area contributed by atoms with E-state index in [4.69, 9.17) is 17.0 Å². The van der Waals surface area contributed by atoms with Gasteiger partial charge in [0.15, 0.2) is 5.11 Å². The minimum absolute atomic E-state index is 0.0308. The smallest absolute Gasteiger partial charge is 0.257 e. The SMILES string of the molecule is COc1ccc(C(=O)NC(=S)Nc2ccc(N3CCN(C(=O)/C=C/c4ccccc4)CC3)cc2)cc1. The van der Waals surface area contributed by atoms with Crippen molar-refractivity contribution in [1.29, 1.82) is 0 Å².